The van der Waals surface area contributed by atoms with Crippen LogP contribution in [0.25, 0.3) is 0 Å². The van der Waals surface area contributed by atoms with Gasteiger partial charge in [0.25, 0.3) is 0 Å². The van der Waals surface area contributed by atoms with Crippen molar-refractivity contribution < 1.29 is 4.79 Å². The van der Waals surface area contributed by atoms with Gasteiger partial charge >= 0.3 is 6.03 Å². The monoisotopic (exact) mass is 347 g/mol. The zero-order chi connectivity index (χ0) is 17.1. The largest absolute Gasteiger partial charge is 0.331 e. The molecule has 2 amide bonds. The molecule has 3 heterocycles. The van der Waals surface area contributed by atoms with Crippen molar-refractivity contribution in [3.8, 4) is 0 Å². The van der Waals surface area contributed by atoms with Crippen LogP contribution in [0.3, 0.4) is 0 Å². The summed E-state index contributed by atoms with van der Waals surface area (Å²) in [6, 6.07) is 0.0963. The first-order valence-electron chi connectivity index (χ1n) is 8.53. The average molecular weight is 347 g/mol. The molecule has 0 aliphatic carbocycles. The molecule has 2 aromatic rings. The van der Waals surface area contributed by atoms with E-state index in [1.165, 1.54) is 12.0 Å². The first-order valence-corrected chi connectivity index (χ1v) is 9.35. The highest BCUT2D eigenvalue weighted by molar-refractivity contribution is 7.11. The second-order valence-electron chi connectivity index (χ2n) is 6.43. The predicted octanol–water partition coefficient (Wildman–Crippen LogP) is 3.62. The van der Waals surface area contributed by atoms with Gasteiger partial charge in [-0.15, -0.1) is 11.3 Å². The van der Waals surface area contributed by atoms with Gasteiger partial charge in [0.15, 0.2) is 0 Å². The van der Waals surface area contributed by atoms with Gasteiger partial charge in [-0.1, -0.05) is 12.8 Å². The zero-order valence-corrected chi connectivity index (χ0v) is 15.4. The first-order chi connectivity index (χ1) is 11.6. The molecular weight excluding hydrogens is 322 g/mol. The maximum Gasteiger partial charge on any atom is 0.318 e. The highest BCUT2D eigenvalue weighted by atomic mass is 32.1. The van der Waals surface area contributed by atoms with E-state index in [1.807, 2.05) is 31.9 Å². The molecule has 1 atom stereocenters. The van der Waals surface area contributed by atoms with Crippen molar-refractivity contribution in [1.29, 1.82) is 0 Å². The van der Waals surface area contributed by atoms with Crippen molar-refractivity contribution in [1.82, 2.24) is 25.4 Å². The molecule has 2 aromatic heterocycles. The van der Waals surface area contributed by atoms with Crippen molar-refractivity contribution in [2.24, 2.45) is 0 Å². The maximum absolute atomic E-state index is 12.8. The number of amides is 2. The average Bonchev–Trinajstić information content (AvgIpc) is 3.02. The van der Waals surface area contributed by atoms with Gasteiger partial charge in [0, 0.05) is 28.9 Å². The molecule has 1 aliphatic heterocycles. The van der Waals surface area contributed by atoms with E-state index >= 15 is 0 Å². The number of carbonyl (C=O) groups excluding carboxylic acids is 1. The molecule has 1 saturated heterocycles. The molecule has 0 saturated carbocycles. The number of urea groups is 1. The number of aromatic amines is 1. The van der Waals surface area contributed by atoms with Crippen LogP contribution in [0.5, 0.6) is 0 Å². The van der Waals surface area contributed by atoms with Gasteiger partial charge in [0.05, 0.1) is 18.3 Å². The van der Waals surface area contributed by atoms with Gasteiger partial charge in [0.2, 0.25) is 0 Å². The van der Waals surface area contributed by atoms with E-state index in [-0.39, 0.29) is 12.1 Å². The Labute approximate surface area is 146 Å². The lowest BCUT2D eigenvalue weighted by atomic mass is 9.99. The first kappa shape index (κ1) is 17.0. The molecule has 3 rings (SSSR count). The lowest BCUT2D eigenvalue weighted by Crippen LogP contribution is -2.42. The summed E-state index contributed by atoms with van der Waals surface area (Å²) in [4.78, 5) is 20.3. The van der Waals surface area contributed by atoms with Gasteiger partial charge in [-0.25, -0.2) is 9.78 Å². The fraction of sp³-hybridized carbons (Fsp3) is 0.588. The normalized spacial score (nSPS) is 18.5. The fourth-order valence-corrected chi connectivity index (χ4v) is 4.16. The summed E-state index contributed by atoms with van der Waals surface area (Å²) in [5, 5.41) is 11.4. The minimum absolute atomic E-state index is 0.00486. The van der Waals surface area contributed by atoms with Crippen LogP contribution in [0.4, 0.5) is 4.79 Å². The highest BCUT2D eigenvalue weighted by Gasteiger charge is 2.30. The van der Waals surface area contributed by atoms with Gasteiger partial charge in [-0.3, -0.25) is 5.10 Å². The van der Waals surface area contributed by atoms with E-state index in [0.717, 1.165) is 47.1 Å². The molecule has 1 fully saturated rings. The van der Waals surface area contributed by atoms with Gasteiger partial charge in [-0.05, 0) is 33.6 Å². The summed E-state index contributed by atoms with van der Waals surface area (Å²) in [7, 11) is 0. The number of thiazole rings is 1. The lowest BCUT2D eigenvalue weighted by Gasteiger charge is -2.30. The van der Waals surface area contributed by atoms with Crippen molar-refractivity contribution in [3.05, 3.63) is 33.0 Å². The molecule has 6 nitrogen and oxygen atoms in total. The van der Waals surface area contributed by atoms with Crippen LogP contribution in [0.1, 0.15) is 58.6 Å². The molecule has 1 unspecified atom stereocenters. The summed E-state index contributed by atoms with van der Waals surface area (Å²) in [5.74, 6) is 0. The number of H-pyrrole nitrogens is 1. The maximum atomic E-state index is 12.8. The van der Waals surface area contributed by atoms with E-state index in [9.17, 15) is 4.79 Å². The summed E-state index contributed by atoms with van der Waals surface area (Å²) in [6.45, 7) is 7.35. The third-order valence-corrected chi connectivity index (χ3v) is 5.50. The van der Waals surface area contributed by atoms with Gasteiger partial charge in [0.1, 0.15) is 5.01 Å². The minimum Gasteiger partial charge on any atom is -0.331 e. The molecule has 0 bridgehead atoms. The molecule has 1 aliphatic rings. The Balaban J connectivity index is 1.75. The number of aromatic nitrogens is 3. The number of likely N-dealkylation sites (tertiary alicyclic amines) is 1. The summed E-state index contributed by atoms with van der Waals surface area (Å²) in [6.07, 6.45) is 6.20. The molecule has 0 aromatic carbocycles. The summed E-state index contributed by atoms with van der Waals surface area (Å²) in [5.41, 5.74) is 3.23. The van der Waals surface area contributed by atoms with Crippen LogP contribution in [0, 0.1) is 20.8 Å². The quantitative estimate of drug-likeness (QED) is 0.890. The van der Waals surface area contributed by atoms with Crippen LogP contribution < -0.4 is 5.32 Å². The standard InChI is InChI=1S/C17H25N5OS/c1-11-9-18-15(24-11)10-19-17(23)22-8-6-4-5-7-14(22)16-12(2)20-21-13(16)3/h9,14H,4-8,10H2,1-3H3,(H,19,23)(H,20,21). The lowest BCUT2D eigenvalue weighted by molar-refractivity contribution is 0.175. The van der Waals surface area contributed by atoms with E-state index < -0.39 is 0 Å². The van der Waals surface area contributed by atoms with Crippen LogP contribution in [-0.2, 0) is 6.54 Å². The summed E-state index contributed by atoms with van der Waals surface area (Å²) < 4.78 is 0. The van der Waals surface area contributed by atoms with E-state index in [4.69, 9.17) is 0 Å². The molecule has 130 valence electrons. The van der Waals surface area contributed by atoms with Crippen molar-refractivity contribution in [2.75, 3.05) is 6.54 Å². The SMILES string of the molecule is Cc1cnc(CNC(=O)N2CCCCCC2c2c(C)n[nH]c2C)s1. The second kappa shape index (κ2) is 7.34. The Bertz CT molecular complexity index is 688. The molecule has 2 N–H and O–H groups in total. The Morgan fingerprint density at radius 3 is 2.88 bits per heavy atom. The van der Waals surface area contributed by atoms with Crippen LogP contribution in [-0.4, -0.2) is 32.7 Å². The number of nitrogens with zero attached hydrogens (tertiary/aromatic N) is 3. The van der Waals surface area contributed by atoms with Crippen LogP contribution in [0.2, 0.25) is 0 Å². The number of rotatable bonds is 3. The number of nitrogens with one attached hydrogen (secondary N) is 2. The van der Waals surface area contributed by atoms with Crippen LogP contribution in [0.15, 0.2) is 6.20 Å². The van der Waals surface area contributed by atoms with Crippen molar-refractivity contribution in [2.45, 2.75) is 59.0 Å². The van der Waals surface area contributed by atoms with E-state index in [2.05, 4.69) is 20.5 Å². The Kier molecular flexibility index (Phi) is 5.18. The number of hydrogen-bond acceptors (Lipinski definition) is 4. The van der Waals surface area contributed by atoms with Gasteiger partial charge < -0.3 is 10.2 Å². The van der Waals surface area contributed by atoms with Crippen molar-refractivity contribution in [3.63, 3.8) is 0 Å². The van der Waals surface area contributed by atoms with Gasteiger partial charge in [-0.2, -0.15) is 5.10 Å². The predicted molar refractivity (Wildman–Crippen MR) is 95.1 cm³/mol. The molecule has 7 heteroatoms. The molecule has 0 spiro atoms. The molecular formula is C17H25N5OS. The third-order valence-electron chi connectivity index (χ3n) is 4.59. The number of aryl methyl sites for hydroxylation is 3. The van der Waals surface area contributed by atoms with E-state index in [1.54, 1.807) is 11.3 Å². The Morgan fingerprint density at radius 2 is 2.21 bits per heavy atom. The highest BCUT2D eigenvalue weighted by Crippen LogP contribution is 2.33. The minimum atomic E-state index is -0.00486. The molecule has 0 radical (unpaired) electrons. The smallest absolute Gasteiger partial charge is 0.318 e. The summed E-state index contributed by atoms with van der Waals surface area (Å²) >= 11 is 1.62. The topological polar surface area (TPSA) is 73.9 Å². The Morgan fingerprint density at radius 1 is 1.38 bits per heavy atom. The molecule has 24 heavy (non-hydrogen) atoms. The van der Waals surface area contributed by atoms with E-state index in [0.29, 0.717) is 6.54 Å². The Hall–Kier alpha value is -1.89. The third kappa shape index (κ3) is 3.61. The number of carbonyl (C=O) groups is 1. The fourth-order valence-electron chi connectivity index (χ4n) is 3.44. The van der Waals surface area contributed by atoms with Crippen molar-refractivity contribution >= 4 is 17.4 Å². The number of hydrogen-bond donors (Lipinski definition) is 2. The van der Waals surface area contributed by atoms with Crippen LogP contribution >= 0.6 is 11.3 Å². The zero-order valence-electron chi connectivity index (χ0n) is 14.6. The second-order valence-corrected chi connectivity index (χ2v) is 7.75.